The van der Waals surface area contributed by atoms with Crippen molar-refractivity contribution in [2.75, 3.05) is 0 Å². The summed E-state index contributed by atoms with van der Waals surface area (Å²) in [6, 6.07) is 5.47. The summed E-state index contributed by atoms with van der Waals surface area (Å²) in [5.74, 6) is 1.43. The predicted octanol–water partition coefficient (Wildman–Crippen LogP) is 4.10. The molecule has 2 aromatic rings. The van der Waals surface area contributed by atoms with Crippen LogP contribution in [0.25, 0.3) is 0 Å². The average Bonchev–Trinajstić information content (AvgIpc) is 2.33. The minimum Gasteiger partial charge on any atom is -0.455 e. The molecule has 0 spiro atoms. The summed E-state index contributed by atoms with van der Waals surface area (Å²) in [5.41, 5.74) is 3.12. The zero-order chi connectivity index (χ0) is 13.1. The van der Waals surface area contributed by atoms with Crippen molar-refractivity contribution < 1.29 is 4.74 Å². The summed E-state index contributed by atoms with van der Waals surface area (Å²) in [7, 11) is 0. The van der Waals surface area contributed by atoms with Crippen LogP contribution in [-0.2, 0) is 6.42 Å². The van der Waals surface area contributed by atoms with Crippen LogP contribution >= 0.6 is 11.6 Å². The Bertz CT molecular complexity index is 570. The maximum Gasteiger partial charge on any atom is 0.148 e. The lowest BCUT2D eigenvalue weighted by atomic mass is 10.1. The van der Waals surface area contributed by atoms with Gasteiger partial charge in [-0.15, -0.1) is 0 Å². The molecule has 0 saturated carbocycles. The number of nitrogens with zero attached hydrogens (tertiary/aromatic N) is 2. The van der Waals surface area contributed by atoms with Crippen molar-refractivity contribution >= 4 is 11.6 Å². The van der Waals surface area contributed by atoms with E-state index < -0.39 is 0 Å². The van der Waals surface area contributed by atoms with Gasteiger partial charge in [0.25, 0.3) is 0 Å². The molecule has 0 N–H and O–H groups in total. The molecule has 0 aliphatic carbocycles. The van der Waals surface area contributed by atoms with Crippen LogP contribution in [-0.4, -0.2) is 9.97 Å². The molecule has 2 aromatic heterocycles. The lowest BCUT2D eigenvalue weighted by molar-refractivity contribution is 0.474. The topological polar surface area (TPSA) is 35.0 Å². The number of hydrogen-bond acceptors (Lipinski definition) is 3. The molecule has 0 atom stereocenters. The molecule has 0 aromatic carbocycles. The highest BCUT2D eigenvalue weighted by Crippen LogP contribution is 2.27. The first-order chi connectivity index (χ1) is 8.60. The van der Waals surface area contributed by atoms with Gasteiger partial charge in [0.15, 0.2) is 0 Å². The fraction of sp³-hybridized carbons (Fsp3) is 0.286. The minimum absolute atomic E-state index is 0.417. The fourth-order valence-electron chi connectivity index (χ4n) is 1.77. The average molecular weight is 263 g/mol. The van der Waals surface area contributed by atoms with E-state index in [1.54, 1.807) is 18.3 Å². The minimum atomic E-state index is 0.417. The molecule has 0 radical (unpaired) electrons. The number of halogens is 1. The lowest BCUT2D eigenvalue weighted by Gasteiger charge is -2.11. The third kappa shape index (κ3) is 2.79. The molecular weight excluding hydrogens is 248 g/mol. The zero-order valence-electron chi connectivity index (χ0n) is 10.7. The smallest absolute Gasteiger partial charge is 0.148 e. The van der Waals surface area contributed by atoms with Crippen molar-refractivity contribution in [1.82, 2.24) is 9.97 Å². The second-order valence-corrected chi connectivity index (χ2v) is 4.49. The fourth-order valence-corrected chi connectivity index (χ4v) is 1.93. The molecule has 0 aliphatic rings. The van der Waals surface area contributed by atoms with Crippen LogP contribution in [0.1, 0.15) is 23.9 Å². The van der Waals surface area contributed by atoms with E-state index in [1.165, 1.54) is 0 Å². The van der Waals surface area contributed by atoms with Gasteiger partial charge < -0.3 is 4.74 Å². The third-order valence-corrected chi connectivity index (χ3v) is 2.93. The highest BCUT2D eigenvalue weighted by molar-refractivity contribution is 6.29. The quantitative estimate of drug-likeness (QED) is 0.781. The van der Waals surface area contributed by atoms with E-state index in [2.05, 4.69) is 16.9 Å². The first-order valence-electron chi connectivity index (χ1n) is 5.86. The Hall–Kier alpha value is -1.61. The molecule has 0 fully saturated rings. The monoisotopic (exact) mass is 262 g/mol. The number of pyridine rings is 2. The highest BCUT2D eigenvalue weighted by atomic mass is 35.5. The van der Waals surface area contributed by atoms with E-state index in [0.29, 0.717) is 10.9 Å². The molecule has 18 heavy (non-hydrogen) atoms. The Morgan fingerprint density at radius 3 is 2.72 bits per heavy atom. The highest BCUT2D eigenvalue weighted by Gasteiger charge is 2.07. The first kappa shape index (κ1) is 12.8. The number of aryl methyl sites for hydroxylation is 3. The summed E-state index contributed by atoms with van der Waals surface area (Å²) < 4.78 is 5.78. The molecule has 94 valence electrons. The molecule has 2 rings (SSSR count). The van der Waals surface area contributed by atoms with Gasteiger partial charge in [0.05, 0.1) is 5.69 Å². The maximum atomic E-state index is 5.82. The van der Waals surface area contributed by atoms with E-state index in [-0.39, 0.29) is 0 Å². The van der Waals surface area contributed by atoms with Gasteiger partial charge in [-0.2, -0.15) is 0 Å². The van der Waals surface area contributed by atoms with Crippen molar-refractivity contribution in [3.63, 3.8) is 0 Å². The van der Waals surface area contributed by atoms with Crippen LogP contribution in [0, 0.1) is 13.8 Å². The largest absolute Gasteiger partial charge is 0.455 e. The first-order valence-corrected chi connectivity index (χ1v) is 6.24. The molecule has 3 nitrogen and oxygen atoms in total. The number of hydrogen-bond donors (Lipinski definition) is 0. The van der Waals surface area contributed by atoms with Gasteiger partial charge >= 0.3 is 0 Å². The van der Waals surface area contributed by atoms with Gasteiger partial charge in [0, 0.05) is 18.0 Å². The third-order valence-electron chi connectivity index (χ3n) is 2.72. The summed E-state index contributed by atoms with van der Waals surface area (Å²) >= 11 is 5.82. The van der Waals surface area contributed by atoms with Crippen LogP contribution in [0.3, 0.4) is 0 Å². The molecular formula is C14H15ClN2O. The van der Waals surface area contributed by atoms with Gasteiger partial charge in [-0.3, -0.25) is 4.98 Å². The molecule has 0 bridgehead atoms. The van der Waals surface area contributed by atoms with Crippen LogP contribution in [0.4, 0.5) is 0 Å². The Morgan fingerprint density at radius 1 is 1.28 bits per heavy atom. The molecule has 4 heteroatoms. The number of rotatable bonds is 3. The van der Waals surface area contributed by atoms with Gasteiger partial charge in [-0.25, -0.2) is 4.98 Å². The van der Waals surface area contributed by atoms with Crippen molar-refractivity contribution in [2.24, 2.45) is 0 Å². The van der Waals surface area contributed by atoms with E-state index >= 15 is 0 Å². The summed E-state index contributed by atoms with van der Waals surface area (Å²) in [5, 5.41) is 0.417. The normalized spacial score (nSPS) is 10.4. The zero-order valence-corrected chi connectivity index (χ0v) is 11.5. The van der Waals surface area contributed by atoms with Gasteiger partial charge in [0.1, 0.15) is 16.7 Å². The van der Waals surface area contributed by atoms with E-state index in [0.717, 1.165) is 29.1 Å². The molecule has 0 aliphatic heterocycles. The number of ether oxygens (including phenoxy) is 1. The van der Waals surface area contributed by atoms with E-state index in [4.69, 9.17) is 16.3 Å². The SMILES string of the molecule is CCc1nc(C)c(Oc2ccnc(Cl)c2)cc1C. The van der Waals surface area contributed by atoms with E-state index in [1.807, 2.05) is 19.9 Å². The molecule has 2 heterocycles. The maximum absolute atomic E-state index is 5.82. The number of aromatic nitrogens is 2. The standard InChI is InChI=1S/C14H15ClN2O/c1-4-12-9(2)7-13(10(3)17-12)18-11-5-6-16-14(15)8-11/h5-8H,4H2,1-3H3. The predicted molar refractivity (Wildman–Crippen MR) is 72.4 cm³/mol. The van der Waals surface area contributed by atoms with Gasteiger partial charge in [0.2, 0.25) is 0 Å². The van der Waals surface area contributed by atoms with Crippen LogP contribution in [0.5, 0.6) is 11.5 Å². The second-order valence-electron chi connectivity index (χ2n) is 4.11. The summed E-state index contributed by atoms with van der Waals surface area (Å²) in [6.07, 6.45) is 2.54. The van der Waals surface area contributed by atoms with Crippen molar-refractivity contribution in [3.8, 4) is 11.5 Å². The van der Waals surface area contributed by atoms with Crippen LogP contribution in [0.15, 0.2) is 24.4 Å². The van der Waals surface area contributed by atoms with Crippen molar-refractivity contribution in [1.29, 1.82) is 0 Å². The molecule has 0 amide bonds. The Morgan fingerprint density at radius 2 is 2.06 bits per heavy atom. The Balaban J connectivity index is 2.32. The molecule has 0 saturated heterocycles. The molecule has 0 unspecified atom stereocenters. The van der Waals surface area contributed by atoms with Crippen LogP contribution in [0.2, 0.25) is 5.15 Å². The Labute approximate surface area is 112 Å². The second kappa shape index (κ2) is 5.36. The van der Waals surface area contributed by atoms with Gasteiger partial charge in [-0.05, 0) is 38.0 Å². The van der Waals surface area contributed by atoms with Crippen molar-refractivity contribution in [2.45, 2.75) is 27.2 Å². The summed E-state index contributed by atoms with van der Waals surface area (Å²) in [6.45, 7) is 6.08. The van der Waals surface area contributed by atoms with Crippen molar-refractivity contribution in [3.05, 3.63) is 46.5 Å². The Kier molecular flexibility index (Phi) is 3.82. The van der Waals surface area contributed by atoms with E-state index in [9.17, 15) is 0 Å². The van der Waals surface area contributed by atoms with Gasteiger partial charge in [-0.1, -0.05) is 18.5 Å². The summed E-state index contributed by atoms with van der Waals surface area (Å²) in [4.78, 5) is 8.45. The lowest BCUT2D eigenvalue weighted by Crippen LogP contribution is -1.98. The van der Waals surface area contributed by atoms with Crippen LogP contribution < -0.4 is 4.74 Å².